The van der Waals surface area contributed by atoms with E-state index >= 15 is 0 Å². The summed E-state index contributed by atoms with van der Waals surface area (Å²) in [6.07, 6.45) is 2.97. The number of guanidine groups is 2. The van der Waals surface area contributed by atoms with Crippen molar-refractivity contribution >= 4 is 17.8 Å². The fraction of sp³-hybridized carbons (Fsp3) is 0. The van der Waals surface area contributed by atoms with Crippen molar-refractivity contribution in [3.8, 4) is 0 Å². The first-order valence-corrected chi connectivity index (χ1v) is 4.22. The number of hydrogen-bond acceptors (Lipinski definition) is 3. The Hall–Kier alpha value is -2.64. The number of pyridine rings is 1. The van der Waals surface area contributed by atoms with Gasteiger partial charge in [0.25, 0.3) is 5.91 Å². The highest BCUT2D eigenvalue weighted by Crippen LogP contribution is 1.94. The maximum absolute atomic E-state index is 11.4. The number of carbonyl (C=O) groups excluding carboxylic acids is 1. The number of nitrogens with zero attached hydrogens (tertiary/aromatic N) is 3. The topological polar surface area (TPSA) is 145 Å². The number of nitrogens with two attached hydrogens (primary N) is 3. The van der Waals surface area contributed by atoms with Gasteiger partial charge in [-0.25, -0.2) is 5.43 Å². The standard InChI is InChI=1S/C8H11N7O/c9-7(10)13-8(11)15-14-6(16)5-1-3-12-4-2-5/h1-4H,(H,14,16)(H6,9,10,11,13,15). The van der Waals surface area contributed by atoms with Crippen LogP contribution in [0.15, 0.2) is 34.6 Å². The molecule has 16 heavy (non-hydrogen) atoms. The van der Waals surface area contributed by atoms with Crippen LogP contribution in [0.4, 0.5) is 0 Å². The van der Waals surface area contributed by atoms with Gasteiger partial charge in [0, 0.05) is 18.0 Å². The Morgan fingerprint density at radius 3 is 2.44 bits per heavy atom. The minimum Gasteiger partial charge on any atom is -0.370 e. The molecule has 0 spiro atoms. The monoisotopic (exact) mass is 221 g/mol. The van der Waals surface area contributed by atoms with Gasteiger partial charge in [-0.3, -0.25) is 9.78 Å². The molecule has 1 aromatic heterocycles. The van der Waals surface area contributed by atoms with Gasteiger partial charge in [-0.05, 0) is 12.1 Å². The predicted molar refractivity (Wildman–Crippen MR) is 59.1 cm³/mol. The first kappa shape index (κ1) is 11.4. The summed E-state index contributed by atoms with van der Waals surface area (Å²) in [7, 11) is 0. The van der Waals surface area contributed by atoms with Crippen molar-refractivity contribution in [2.75, 3.05) is 0 Å². The summed E-state index contributed by atoms with van der Waals surface area (Å²) in [6, 6.07) is 3.06. The highest BCUT2D eigenvalue weighted by molar-refractivity contribution is 5.96. The van der Waals surface area contributed by atoms with Gasteiger partial charge in [0.1, 0.15) is 0 Å². The van der Waals surface area contributed by atoms with E-state index in [-0.39, 0.29) is 11.9 Å². The molecule has 0 aliphatic rings. The van der Waals surface area contributed by atoms with Crippen LogP contribution in [0.25, 0.3) is 0 Å². The molecule has 0 fully saturated rings. The molecule has 0 radical (unpaired) electrons. The average Bonchev–Trinajstić information content (AvgIpc) is 2.26. The van der Waals surface area contributed by atoms with Crippen LogP contribution in [0.2, 0.25) is 0 Å². The lowest BCUT2D eigenvalue weighted by Gasteiger charge is -1.99. The van der Waals surface area contributed by atoms with E-state index in [1.165, 1.54) is 24.5 Å². The number of amides is 1. The second-order valence-corrected chi connectivity index (χ2v) is 2.68. The summed E-state index contributed by atoms with van der Waals surface area (Å²) < 4.78 is 0. The zero-order chi connectivity index (χ0) is 12.0. The van der Waals surface area contributed by atoms with Crippen LogP contribution in [-0.4, -0.2) is 22.8 Å². The van der Waals surface area contributed by atoms with Crippen LogP contribution in [-0.2, 0) is 0 Å². The molecule has 0 bridgehead atoms. The molecular formula is C8H11N7O. The van der Waals surface area contributed by atoms with E-state index in [4.69, 9.17) is 17.2 Å². The summed E-state index contributed by atoms with van der Waals surface area (Å²) in [5.74, 6) is -0.905. The number of aromatic nitrogens is 1. The number of rotatable bonds is 2. The van der Waals surface area contributed by atoms with Crippen LogP contribution >= 0.6 is 0 Å². The van der Waals surface area contributed by atoms with E-state index in [1.54, 1.807) is 0 Å². The number of carbonyl (C=O) groups is 1. The molecule has 0 atom stereocenters. The second-order valence-electron chi connectivity index (χ2n) is 2.68. The van der Waals surface area contributed by atoms with E-state index in [0.29, 0.717) is 5.56 Å². The lowest BCUT2D eigenvalue weighted by Crippen LogP contribution is -2.28. The first-order chi connectivity index (χ1) is 7.59. The average molecular weight is 221 g/mol. The maximum Gasteiger partial charge on any atom is 0.271 e. The Balaban J connectivity index is 2.63. The van der Waals surface area contributed by atoms with E-state index in [9.17, 15) is 4.79 Å². The van der Waals surface area contributed by atoms with Gasteiger partial charge < -0.3 is 17.2 Å². The molecule has 8 nitrogen and oxygen atoms in total. The molecule has 1 aromatic rings. The molecule has 0 saturated carbocycles. The normalized spacial score (nSPS) is 10.6. The second kappa shape index (κ2) is 5.29. The first-order valence-electron chi connectivity index (χ1n) is 4.22. The van der Waals surface area contributed by atoms with Gasteiger partial charge in [0.05, 0.1) is 0 Å². The third-order valence-corrected chi connectivity index (χ3v) is 1.46. The van der Waals surface area contributed by atoms with Crippen LogP contribution < -0.4 is 22.6 Å². The van der Waals surface area contributed by atoms with E-state index < -0.39 is 5.91 Å². The Bertz CT molecular complexity index is 421. The van der Waals surface area contributed by atoms with Crippen molar-refractivity contribution < 1.29 is 4.79 Å². The summed E-state index contributed by atoms with van der Waals surface area (Å²) in [6.45, 7) is 0. The minimum absolute atomic E-state index is 0.234. The Morgan fingerprint density at radius 1 is 1.25 bits per heavy atom. The maximum atomic E-state index is 11.4. The fourth-order valence-corrected chi connectivity index (χ4v) is 0.833. The molecule has 84 valence electrons. The number of hydrazone groups is 1. The van der Waals surface area contributed by atoms with Gasteiger partial charge in [0.15, 0.2) is 5.96 Å². The highest BCUT2D eigenvalue weighted by Gasteiger charge is 2.02. The molecule has 0 saturated heterocycles. The van der Waals surface area contributed by atoms with Gasteiger partial charge in [-0.1, -0.05) is 0 Å². The van der Waals surface area contributed by atoms with Gasteiger partial charge in [-0.15, -0.1) is 5.10 Å². The van der Waals surface area contributed by atoms with Crippen LogP contribution in [0.5, 0.6) is 0 Å². The van der Waals surface area contributed by atoms with Gasteiger partial charge >= 0.3 is 0 Å². The largest absolute Gasteiger partial charge is 0.370 e. The third-order valence-electron chi connectivity index (χ3n) is 1.46. The highest BCUT2D eigenvalue weighted by atomic mass is 16.2. The smallest absolute Gasteiger partial charge is 0.271 e. The SMILES string of the molecule is NC(N)=N/C(N)=N/NC(=O)c1ccncc1. The Labute approximate surface area is 91.2 Å². The molecule has 1 heterocycles. The number of nitrogens with one attached hydrogen (secondary N) is 1. The minimum atomic E-state index is -0.434. The molecule has 1 rings (SSSR count). The third kappa shape index (κ3) is 3.62. The van der Waals surface area contributed by atoms with Crippen molar-refractivity contribution in [3.05, 3.63) is 30.1 Å². The lowest BCUT2D eigenvalue weighted by atomic mass is 10.3. The lowest BCUT2D eigenvalue weighted by molar-refractivity contribution is 0.0954. The Kier molecular flexibility index (Phi) is 3.78. The summed E-state index contributed by atoms with van der Waals surface area (Å²) in [5, 5.41) is 3.47. The molecule has 0 aliphatic heterocycles. The molecule has 1 amide bonds. The van der Waals surface area contributed by atoms with Crippen LogP contribution in [0.3, 0.4) is 0 Å². The summed E-state index contributed by atoms with van der Waals surface area (Å²) in [5.41, 5.74) is 18.0. The summed E-state index contributed by atoms with van der Waals surface area (Å²) >= 11 is 0. The molecular weight excluding hydrogens is 210 g/mol. The van der Waals surface area contributed by atoms with Crippen LogP contribution in [0, 0.1) is 0 Å². The quantitative estimate of drug-likeness (QED) is 0.267. The zero-order valence-electron chi connectivity index (χ0n) is 8.29. The van der Waals surface area contributed by atoms with Crippen molar-refractivity contribution in [1.82, 2.24) is 10.4 Å². The number of aliphatic imine (C=N–C) groups is 1. The molecule has 0 aliphatic carbocycles. The van der Waals surface area contributed by atoms with Crippen molar-refractivity contribution in [3.63, 3.8) is 0 Å². The molecule has 8 heteroatoms. The number of hydrogen-bond donors (Lipinski definition) is 4. The summed E-state index contributed by atoms with van der Waals surface area (Å²) in [4.78, 5) is 18.6. The predicted octanol–water partition coefficient (Wildman–Crippen LogP) is -1.69. The van der Waals surface area contributed by atoms with Crippen LogP contribution in [0.1, 0.15) is 10.4 Å². The van der Waals surface area contributed by atoms with Crippen molar-refractivity contribution in [1.29, 1.82) is 0 Å². The fourth-order valence-electron chi connectivity index (χ4n) is 0.833. The van der Waals surface area contributed by atoms with Gasteiger partial charge in [-0.2, -0.15) is 4.99 Å². The molecule has 0 aromatic carbocycles. The molecule has 0 unspecified atom stereocenters. The Morgan fingerprint density at radius 2 is 1.88 bits per heavy atom. The molecule has 7 N–H and O–H groups in total. The van der Waals surface area contributed by atoms with Crippen molar-refractivity contribution in [2.45, 2.75) is 0 Å². The van der Waals surface area contributed by atoms with Crippen molar-refractivity contribution in [2.24, 2.45) is 27.3 Å². The van der Waals surface area contributed by atoms with E-state index in [0.717, 1.165) is 0 Å². The van der Waals surface area contributed by atoms with E-state index in [1.807, 2.05) is 0 Å². The zero-order valence-corrected chi connectivity index (χ0v) is 8.29. The van der Waals surface area contributed by atoms with Gasteiger partial charge in [0.2, 0.25) is 5.96 Å². The van der Waals surface area contributed by atoms with E-state index in [2.05, 4.69) is 20.5 Å².